The van der Waals surface area contributed by atoms with Gasteiger partial charge in [-0.15, -0.1) is 0 Å². The number of ether oxygens (including phenoxy) is 1. The number of carboxylic acid groups (broad SMARTS) is 1. The highest BCUT2D eigenvalue weighted by atomic mass is 35.5. The molecular formula is C25H25ClN2O5. The van der Waals surface area contributed by atoms with Gasteiger partial charge in [-0.05, 0) is 42.2 Å². The van der Waals surface area contributed by atoms with Crippen LogP contribution in [0.5, 0.6) is 5.75 Å². The zero-order valence-electron chi connectivity index (χ0n) is 18.1. The van der Waals surface area contributed by atoms with Crippen molar-refractivity contribution in [3.05, 3.63) is 76.8 Å². The first-order valence-corrected chi connectivity index (χ1v) is 10.7. The Kier molecular flexibility index (Phi) is 8.29. The van der Waals surface area contributed by atoms with Crippen molar-refractivity contribution >= 4 is 35.0 Å². The molecule has 3 aromatic rings. The lowest BCUT2D eigenvalue weighted by molar-refractivity contribution is -0.116. The Morgan fingerprint density at radius 2 is 1.76 bits per heavy atom. The van der Waals surface area contributed by atoms with Crippen LogP contribution in [-0.2, 0) is 17.8 Å². The number of nitrogens with one attached hydrogen (secondary N) is 2. The van der Waals surface area contributed by atoms with Crippen molar-refractivity contribution in [2.75, 3.05) is 17.7 Å². The fourth-order valence-corrected chi connectivity index (χ4v) is 3.73. The molecule has 3 rings (SSSR count). The van der Waals surface area contributed by atoms with Crippen LogP contribution in [0.3, 0.4) is 0 Å². The molecule has 0 aliphatic heterocycles. The molecule has 0 aliphatic rings. The van der Waals surface area contributed by atoms with Gasteiger partial charge in [-0.25, -0.2) is 4.79 Å². The summed E-state index contributed by atoms with van der Waals surface area (Å²) in [5, 5.41) is 24.0. The fraction of sp³-hybridized carbons (Fsp3) is 0.200. The van der Waals surface area contributed by atoms with Crippen molar-refractivity contribution < 1.29 is 24.5 Å². The minimum absolute atomic E-state index is 0.192. The molecule has 0 saturated heterocycles. The average Bonchev–Trinajstić information content (AvgIpc) is 2.81. The predicted octanol–water partition coefficient (Wildman–Crippen LogP) is 5.56. The number of amides is 2. The van der Waals surface area contributed by atoms with Crippen molar-refractivity contribution in [1.82, 2.24) is 0 Å². The molecule has 0 aliphatic carbocycles. The Bertz CT molecular complexity index is 1140. The van der Waals surface area contributed by atoms with Crippen molar-refractivity contribution in [2.45, 2.75) is 25.9 Å². The van der Waals surface area contributed by atoms with E-state index in [1.807, 2.05) is 42.5 Å². The van der Waals surface area contributed by atoms with E-state index in [1.165, 1.54) is 7.11 Å². The largest absolute Gasteiger partial charge is 0.496 e. The lowest BCUT2D eigenvalue weighted by atomic mass is 9.98. The molecule has 0 unspecified atom stereocenters. The number of hydrogen-bond acceptors (Lipinski definition) is 4. The maximum absolute atomic E-state index is 12.4. The first-order chi connectivity index (χ1) is 15.9. The van der Waals surface area contributed by atoms with Gasteiger partial charge < -0.3 is 20.3 Å². The summed E-state index contributed by atoms with van der Waals surface area (Å²) >= 11 is 6.21. The number of aliphatic hydroxyl groups is 1. The van der Waals surface area contributed by atoms with Crippen molar-refractivity contribution in [3.63, 3.8) is 0 Å². The van der Waals surface area contributed by atoms with E-state index in [4.69, 9.17) is 21.4 Å². The summed E-state index contributed by atoms with van der Waals surface area (Å²) in [7, 11) is 1.48. The van der Waals surface area contributed by atoms with Crippen LogP contribution in [0.1, 0.15) is 24.0 Å². The van der Waals surface area contributed by atoms with Gasteiger partial charge in [0.25, 0.3) is 0 Å². The number of carbonyl (C=O) groups is 2. The second-order valence-corrected chi connectivity index (χ2v) is 7.79. The van der Waals surface area contributed by atoms with Crippen LogP contribution in [-0.4, -0.2) is 29.3 Å². The second kappa shape index (κ2) is 11.4. The van der Waals surface area contributed by atoms with Gasteiger partial charge in [-0.3, -0.25) is 10.1 Å². The Balaban J connectivity index is 1.66. The summed E-state index contributed by atoms with van der Waals surface area (Å²) < 4.78 is 5.22. The summed E-state index contributed by atoms with van der Waals surface area (Å²) in [6, 6.07) is 18.2. The molecule has 0 saturated carbocycles. The molecule has 8 heteroatoms. The number of anilines is 2. The van der Waals surface area contributed by atoms with E-state index in [0.29, 0.717) is 40.6 Å². The Labute approximate surface area is 197 Å². The molecule has 0 atom stereocenters. The fourth-order valence-electron chi connectivity index (χ4n) is 3.50. The lowest BCUT2D eigenvalue weighted by Gasteiger charge is -2.13. The average molecular weight is 469 g/mol. The minimum atomic E-state index is -1.13. The number of benzene rings is 3. The predicted molar refractivity (Wildman–Crippen MR) is 129 cm³/mol. The van der Waals surface area contributed by atoms with Crippen LogP contribution in [0, 0.1) is 0 Å². The van der Waals surface area contributed by atoms with Crippen LogP contribution >= 0.6 is 11.6 Å². The number of aryl methyl sites for hydroxylation is 1. The van der Waals surface area contributed by atoms with E-state index >= 15 is 0 Å². The number of carbonyl (C=O) groups excluding carboxylic acids is 1. The summed E-state index contributed by atoms with van der Waals surface area (Å²) in [6.07, 6.45) is 0.380. The third-order valence-corrected chi connectivity index (χ3v) is 5.41. The van der Waals surface area contributed by atoms with E-state index in [9.17, 15) is 14.7 Å². The molecule has 0 heterocycles. The first kappa shape index (κ1) is 24.1. The topological polar surface area (TPSA) is 108 Å². The zero-order valence-corrected chi connectivity index (χ0v) is 18.9. The molecule has 33 heavy (non-hydrogen) atoms. The van der Waals surface area contributed by atoms with E-state index in [1.54, 1.807) is 18.2 Å². The maximum atomic E-state index is 12.4. The smallest absolute Gasteiger partial charge is 0.409 e. The molecule has 0 fully saturated rings. The third-order valence-electron chi connectivity index (χ3n) is 5.09. The second-order valence-electron chi connectivity index (χ2n) is 7.38. The SMILES string of the molecule is COc1cc(NC(=O)CCCc2ccc(NC(=O)O)c(-c3ccccc3)c2)c(Cl)cc1CO. The van der Waals surface area contributed by atoms with Gasteiger partial charge >= 0.3 is 6.09 Å². The van der Waals surface area contributed by atoms with Gasteiger partial charge in [-0.1, -0.05) is 48.0 Å². The third kappa shape index (κ3) is 6.47. The molecule has 0 radical (unpaired) electrons. The number of aliphatic hydroxyl groups excluding tert-OH is 1. The Morgan fingerprint density at radius 1 is 1.00 bits per heavy atom. The van der Waals surface area contributed by atoms with Gasteiger partial charge in [0.2, 0.25) is 5.91 Å². The van der Waals surface area contributed by atoms with Gasteiger partial charge in [0.05, 0.1) is 30.1 Å². The van der Waals surface area contributed by atoms with Gasteiger partial charge in [0, 0.05) is 23.6 Å². The summed E-state index contributed by atoms with van der Waals surface area (Å²) in [4.78, 5) is 23.6. The van der Waals surface area contributed by atoms with E-state index in [2.05, 4.69) is 10.6 Å². The monoisotopic (exact) mass is 468 g/mol. The molecule has 4 N–H and O–H groups in total. The van der Waals surface area contributed by atoms with Crippen molar-refractivity contribution in [1.29, 1.82) is 0 Å². The summed E-state index contributed by atoms with van der Waals surface area (Å²) in [6.45, 7) is -0.219. The quantitative estimate of drug-likeness (QED) is 0.329. The number of rotatable bonds is 9. The Hall–Kier alpha value is -3.55. The zero-order chi connectivity index (χ0) is 23.8. The summed E-state index contributed by atoms with van der Waals surface area (Å²) in [5.74, 6) is 0.254. The molecule has 7 nitrogen and oxygen atoms in total. The van der Waals surface area contributed by atoms with Crippen molar-refractivity contribution in [3.8, 4) is 16.9 Å². The standard InChI is InChI=1S/C25H25ClN2O5/c1-33-23-14-22(20(26)13-18(23)15-29)27-24(30)9-5-6-16-10-11-21(28-25(31)32)19(12-16)17-7-3-2-4-8-17/h2-4,7-8,10-14,28-29H,5-6,9,15H2,1H3,(H,27,30)(H,31,32). The molecule has 0 aromatic heterocycles. The van der Waals surface area contributed by atoms with Gasteiger partial charge in [0.15, 0.2) is 0 Å². The van der Waals surface area contributed by atoms with Crippen LogP contribution in [0.25, 0.3) is 11.1 Å². The molecular weight excluding hydrogens is 444 g/mol. The highest BCUT2D eigenvalue weighted by Crippen LogP contribution is 2.32. The lowest BCUT2D eigenvalue weighted by Crippen LogP contribution is -2.12. The molecule has 3 aromatic carbocycles. The molecule has 2 amide bonds. The minimum Gasteiger partial charge on any atom is -0.496 e. The van der Waals surface area contributed by atoms with Gasteiger partial charge in [-0.2, -0.15) is 0 Å². The maximum Gasteiger partial charge on any atom is 0.409 e. The molecule has 0 bridgehead atoms. The number of hydrogen-bond donors (Lipinski definition) is 4. The number of methoxy groups -OCH3 is 1. The van der Waals surface area contributed by atoms with Crippen molar-refractivity contribution in [2.24, 2.45) is 0 Å². The molecule has 172 valence electrons. The molecule has 0 spiro atoms. The highest BCUT2D eigenvalue weighted by Gasteiger charge is 2.13. The van der Waals surface area contributed by atoms with E-state index in [0.717, 1.165) is 16.7 Å². The highest BCUT2D eigenvalue weighted by molar-refractivity contribution is 6.33. The van der Waals surface area contributed by atoms with Crippen LogP contribution in [0.2, 0.25) is 5.02 Å². The normalized spacial score (nSPS) is 10.5. The van der Waals surface area contributed by atoms with E-state index < -0.39 is 6.09 Å². The number of halogens is 1. The van der Waals surface area contributed by atoms with Gasteiger partial charge in [0.1, 0.15) is 5.75 Å². The van der Waals surface area contributed by atoms with Crippen LogP contribution in [0.15, 0.2) is 60.7 Å². The van der Waals surface area contributed by atoms with E-state index in [-0.39, 0.29) is 18.9 Å². The first-order valence-electron chi connectivity index (χ1n) is 10.4. The van der Waals surface area contributed by atoms with Crippen LogP contribution < -0.4 is 15.4 Å². The van der Waals surface area contributed by atoms with Crippen LogP contribution in [0.4, 0.5) is 16.2 Å². The Morgan fingerprint density at radius 3 is 2.42 bits per heavy atom. The summed E-state index contributed by atoms with van der Waals surface area (Å²) in [5.41, 5.74) is 4.13.